The van der Waals surface area contributed by atoms with Crippen molar-refractivity contribution >= 4 is 12.1 Å². The number of hydrogen-bond acceptors (Lipinski definition) is 3. The van der Waals surface area contributed by atoms with Crippen molar-refractivity contribution in [1.82, 2.24) is 4.90 Å². The van der Waals surface area contributed by atoms with E-state index in [0.29, 0.717) is 6.29 Å². The van der Waals surface area contributed by atoms with Crippen molar-refractivity contribution in [2.75, 3.05) is 14.1 Å². The van der Waals surface area contributed by atoms with E-state index < -0.39 is 0 Å². The average Bonchev–Trinajstić information content (AvgIpc) is 1.69. The molecule has 0 amide bonds. The van der Waals surface area contributed by atoms with Crippen LogP contribution in [0.5, 0.6) is 0 Å². The lowest BCUT2D eigenvalue weighted by Crippen LogP contribution is -2.22. The second-order valence-corrected chi connectivity index (χ2v) is 1.47. The smallest absolute Gasteiger partial charge is 0.207 e. The van der Waals surface area contributed by atoms with E-state index in [1.165, 1.54) is 4.90 Å². The van der Waals surface area contributed by atoms with Gasteiger partial charge in [-0.1, -0.05) is 5.16 Å². The lowest BCUT2D eigenvalue weighted by atomic mass is 10.6. The molecule has 0 saturated heterocycles. The first kappa shape index (κ1) is 6.94. The second kappa shape index (κ2) is 3.01. The van der Waals surface area contributed by atoms with Crippen molar-refractivity contribution in [1.29, 1.82) is 0 Å². The van der Waals surface area contributed by atoms with Crippen LogP contribution in [-0.2, 0) is 4.79 Å². The molecule has 0 bridgehead atoms. The standard InChI is InChI=1S/C4H8N2O2/c1-6(2)4(3-7)5-8/h3,8H,1-2H3/b5-4-. The van der Waals surface area contributed by atoms with E-state index in [9.17, 15) is 4.79 Å². The number of amidine groups is 1. The van der Waals surface area contributed by atoms with Gasteiger partial charge in [0.2, 0.25) is 5.84 Å². The fraction of sp³-hybridized carbons (Fsp3) is 0.500. The first-order valence-electron chi connectivity index (χ1n) is 2.07. The van der Waals surface area contributed by atoms with Crippen LogP contribution in [-0.4, -0.2) is 36.3 Å². The molecule has 0 fully saturated rings. The SMILES string of the molecule is CN(C)/C(C=O)=N\O. The van der Waals surface area contributed by atoms with Gasteiger partial charge in [0, 0.05) is 14.1 Å². The summed E-state index contributed by atoms with van der Waals surface area (Å²) in [4.78, 5) is 11.3. The highest BCUT2D eigenvalue weighted by molar-refractivity contribution is 6.26. The first-order valence-corrected chi connectivity index (χ1v) is 2.07. The highest BCUT2D eigenvalue weighted by Crippen LogP contribution is 1.74. The molecule has 8 heavy (non-hydrogen) atoms. The van der Waals surface area contributed by atoms with Gasteiger partial charge in [-0.25, -0.2) is 0 Å². The van der Waals surface area contributed by atoms with E-state index in [4.69, 9.17) is 5.21 Å². The molecule has 0 spiro atoms. The molecule has 4 heteroatoms. The zero-order valence-electron chi connectivity index (χ0n) is 4.83. The van der Waals surface area contributed by atoms with Crippen LogP contribution >= 0.6 is 0 Å². The molecule has 0 saturated carbocycles. The molecule has 0 atom stereocenters. The van der Waals surface area contributed by atoms with E-state index in [1.807, 2.05) is 0 Å². The summed E-state index contributed by atoms with van der Waals surface area (Å²) in [5.41, 5.74) is 0. The molecule has 0 aliphatic carbocycles. The molecule has 0 aromatic rings. The van der Waals surface area contributed by atoms with Gasteiger partial charge in [0.05, 0.1) is 0 Å². The summed E-state index contributed by atoms with van der Waals surface area (Å²) in [6.07, 6.45) is 0.472. The normalized spacial score (nSPS) is 11.0. The molecule has 0 unspecified atom stereocenters. The zero-order chi connectivity index (χ0) is 6.57. The average molecular weight is 116 g/mol. The van der Waals surface area contributed by atoms with Crippen LogP contribution < -0.4 is 0 Å². The Balaban J connectivity index is 3.91. The van der Waals surface area contributed by atoms with Gasteiger partial charge in [-0.05, 0) is 0 Å². The minimum Gasteiger partial charge on any atom is -0.409 e. The molecule has 46 valence electrons. The van der Waals surface area contributed by atoms with Crippen LogP contribution in [0.2, 0.25) is 0 Å². The Kier molecular flexibility index (Phi) is 2.61. The Morgan fingerprint density at radius 1 is 1.75 bits per heavy atom. The minimum absolute atomic E-state index is 0.0185. The van der Waals surface area contributed by atoms with E-state index >= 15 is 0 Å². The van der Waals surface area contributed by atoms with Crippen LogP contribution in [0.15, 0.2) is 5.16 Å². The third-order valence-electron chi connectivity index (χ3n) is 0.666. The maximum Gasteiger partial charge on any atom is 0.207 e. The minimum atomic E-state index is 0.0185. The molecular weight excluding hydrogens is 108 g/mol. The van der Waals surface area contributed by atoms with E-state index in [2.05, 4.69) is 5.16 Å². The Morgan fingerprint density at radius 2 is 2.25 bits per heavy atom. The summed E-state index contributed by atoms with van der Waals surface area (Å²) in [6, 6.07) is 0. The topological polar surface area (TPSA) is 52.9 Å². The third-order valence-corrected chi connectivity index (χ3v) is 0.666. The van der Waals surface area contributed by atoms with Gasteiger partial charge in [0.1, 0.15) is 0 Å². The van der Waals surface area contributed by atoms with Gasteiger partial charge < -0.3 is 10.1 Å². The molecule has 0 radical (unpaired) electrons. The van der Waals surface area contributed by atoms with Gasteiger partial charge in [-0.3, -0.25) is 4.79 Å². The van der Waals surface area contributed by atoms with Gasteiger partial charge in [-0.2, -0.15) is 0 Å². The number of likely N-dealkylation sites (N-methyl/N-ethyl adjacent to an activating group) is 1. The van der Waals surface area contributed by atoms with Crippen molar-refractivity contribution in [3.63, 3.8) is 0 Å². The van der Waals surface area contributed by atoms with Crippen LogP contribution in [0.1, 0.15) is 0 Å². The highest BCUT2D eigenvalue weighted by atomic mass is 16.4. The number of oxime groups is 1. The Hall–Kier alpha value is -1.06. The number of aldehydes is 1. The zero-order valence-corrected chi connectivity index (χ0v) is 4.83. The predicted molar refractivity (Wildman–Crippen MR) is 29.0 cm³/mol. The van der Waals surface area contributed by atoms with Gasteiger partial charge in [0.25, 0.3) is 0 Å². The van der Waals surface area contributed by atoms with Crippen LogP contribution in [0.3, 0.4) is 0 Å². The van der Waals surface area contributed by atoms with Gasteiger partial charge >= 0.3 is 0 Å². The summed E-state index contributed by atoms with van der Waals surface area (Å²) in [7, 11) is 3.23. The molecule has 0 aliphatic rings. The molecule has 0 heterocycles. The molecule has 0 aromatic carbocycles. The molecule has 1 N–H and O–H groups in total. The van der Waals surface area contributed by atoms with E-state index in [0.717, 1.165) is 0 Å². The summed E-state index contributed by atoms with van der Waals surface area (Å²) in [5, 5.41) is 10.7. The monoisotopic (exact) mass is 116 g/mol. The number of carbonyl (C=O) groups excluding carboxylic acids is 1. The maximum atomic E-state index is 9.85. The van der Waals surface area contributed by atoms with Crippen molar-refractivity contribution in [2.24, 2.45) is 5.16 Å². The summed E-state index contributed by atoms with van der Waals surface area (Å²) >= 11 is 0. The van der Waals surface area contributed by atoms with Crippen LogP contribution in [0, 0.1) is 0 Å². The molecule has 0 aromatic heterocycles. The number of carbonyl (C=O) groups is 1. The number of rotatable bonds is 1. The molecule has 0 aliphatic heterocycles. The quantitative estimate of drug-likeness (QED) is 0.166. The van der Waals surface area contributed by atoms with Crippen molar-refractivity contribution in [3.05, 3.63) is 0 Å². The second-order valence-electron chi connectivity index (χ2n) is 1.47. The Morgan fingerprint density at radius 3 is 2.25 bits per heavy atom. The van der Waals surface area contributed by atoms with Gasteiger partial charge in [-0.15, -0.1) is 0 Å². The predicted octanol–water partition coefficient (Wildman–Crippen LogP) is -0.465. The van der Waals surface area contributed by atoms with Crippen molar-refractivity contribution in [3.8, 4) is 0 Å². The van der Waals surface area contributed by atoms with Crippen molar-refractivity contribution < 1.29 is 10.0 Å². The van der Waals surface area contributed by atoms with Crippen LogP contribution in [0.25, 0.3) is 0 Å². The first-order chi connectivity index (χ1) is 3.72. The summed E-state index contributed by atoms with van der Waals surface area (Å²) < 4.78 is 0. The van der Waals surface area contributed by atoms with E-state index in [-0.39, 0.29) is 5.84 Å². The van der Waals surface area contributed by atoms with E-state index in [1.54, 1.807) is 14.1 Å². The summed E-state index contributed by atoms with van der Waals surface area (Å²) in [6.45, 7) is 0. The lowest BCUT2D eigenvalue weighted by molar-refractivity contribution is -0.103. The summed E-state index contributed by atoms with van der Waals surface area (Å²) in [5.74, 6) is 0.0185. The van der Waals surface area contributed by atoms with Crippen LogP contribution in [0.4, 0.5) is 0 Å². The molecule has 4 nitrogen and oxygen atoms in total. The maximum absolute atomic E-state index is 9.85. The fourth-order valence-electron chi connectivity index (χ4n) is 0.218. The number of hydrogen-bond donors (Lipinski definition) is 1. The Labute approximate surface area is 47.4 Å². The molecule has 0 rings (SSSR count). The lowest BCUT2D eigenvalue weighted by Gasteiger charge is -2.05. The third kappa shape index (κ3) is 1.59. The Bertz CT molecular complexity index is 109. The number of nitrogens with zero attached hydrogens (tertiary/aromatic N) is 2. The van der Waals surface area contributed by atoms with Crippen molar-refractivity contribution in [2.45, 2.75) is 0 Å². The largest absolute Gasteiger partial charge is 0.409 e. The highest BCUT2D eigenvalue weighted by Gasteiger charge is 1.95. The van der Waals surface area contributed by atoms with Gasteiger partial charge in [0.15, 0.2) is 6.29 Å². The fourth-order valence-corrected chi connectivity index (χ4v) is 0.218. The molecular formula is C4H8N2O2.